The number of ether oxygens (including phenoxy) is 1. The van der Waals surface area contributed by atoms with Gasteiger partial charge in [0.25, 0.3) is 0 Å². The lowest BCUT2D eigenvalue weighted by Gasteiger charge is -2.24. The highest BCUT2D eigenvalue weighted by molar-refractivity contribution is 5.79. The van der Waals surface area contributed by atoms with Gasteiger partial charge in [0.05, 0.1) is 0 Å². The molecule has 2 N–H and O–H groups in total. The van der Waals surface area contributed by atoms with Crippen molar-refractivity contribution in [2.45, 2.75) is 44.7 Å². The van der Waals surface area contributed by atoms with Crippen LogP contribution in [-0.4, -0.2) is 24.0 Å². The molecule has 3 rings (SSSR count). The molecule has 0 spiro atoms. The van der Waals surface area contributed by atoms with Crippen molar-refractivity contribution in [1.82, 2.24) is 15.6 Å². The van der Waals surface area contributed by atoms with Crippen molar-refractivity contribution in [3.63, 3.8) is 0 Å². The first kappa shape index (κ1) is 18.2. The van der Waals surface area contributed by atoms with Crippen molar-refractivity contribution < 1.29 is 9.13 Å². The van der Waals surface area contributed by atoms with Gasteiger partial charge in [0.2, 0.25) is 5.88 Å². The quantitative estimate of drug-likeness (QED) is 0.628. The highest BCUT2D eigenvalue weighted by Gasteiger charge is 2.14. The van der Waals surface area contributed by atoms with Crippen molar-refractivity contribution in [3.05, 3.63) is 54.0 Å². The Kier molecular flexibility index (Phi) is 6.41. The van der Waals surface area contributed by atoms with E-state index in [1.54, 1.807) is 31.4 Å². The van der Waals surface area contributed by atoms with E-state index in [0.29, 0.717) is 24.2 Å². The fourth-order valence-corrected chi connectivity index (χ4v) is 3.02. The largest absolute Gasteiger partial charge is 0.439 e. The summed E-state index contributed by atoms with van der Waals surface area (Å²) in [5, 5.41) is 6.81. The zero-order chi connectivity index (χ0) is 18.2. The average molecular weight is 356 g/mol. The second-order valence-electron chi connectivity index (χ2n) is 6.47. The molecule has 1 aliphatic rings. The molecule has 6 heteroatoms. The van der Waals surface area contributed by atoms with E-state index in [4.69, 9.17) is 4.74 Å². The second kappa shape index (κ2) is 9.17. The van der Waals surface area contributed by atoms with Crippen LogP contribution in [0.15, 0.2) is 47.6 Å². The monoisotopic (exact) mass is 356 g/mol. The van der Waals surface area contributed by atoms with Gasteiger partial charge in [0, 0.05) is 31.9 Å². The molecule has 1 aliphatic carbocycles. The molecule has 1 heterocycles. The molecule has 0 bridgehead atoms. The summed E-state index contributed by atoms with van der Waals surface area (Å²) in [6.07, 6.45) is 8.08. The molecule has 0 unspecified atom stereocenters. The van der Waals surface area contributed by atoms with Crippen molar-refractivity contribution >= 4 is 5.96 Å². The standard InChI is InChI=1S/C20H25FN4O/c1-22-20(25-17-5-3-2-4-6-17)24-14-15-7-12-19(23-13-15)26-18-10-8-16(21)9-11-18/h7-13,17H,2-6,14H2,1H3,(H2,22,24,25). The number of aliphatic imine (C=N–C) groups is 1. The summed E-state index contributed by atoms with van der Waals surface area (Å²) in [5.41, 5.74) is 1.03. The summed E-state index contributed by atoms with van der Waals surface area (Å²) in [5.74, 6) is 1.57. The number of halogens is 1. The molecule has 0 aliphatic heterocycles. The van der Waals surface area contributed by atoms with Crippen LogP contribution >= 0.6 is 0 Å². The van der Waals surface area contributed by atoms with Crippen molar-refractivity contribution in [2.75, 3.05) is 7.05 Å². The van der Waals surface area contributed by atoms with Crippen LogP contribution < -0.4 is 15.4 Å². The summed E-state index contributed by atoms with van der Waals surface area (Å²) in [6.45, 7) is 0.635. The average Bonchev–Trinajstić information content (AvgIpc) is 2.69. The first-order chi connectivity index (χ1) is 12.7. The number of benzene rings is 1. The highest BCUT2D eigenvalue weighted by atomic mass is 19.1. The first-order valence-corrected chi connectivity index (χ1v) is 9.08. The Bertz CT molecular complexity index is 710. The minimum absolute atomic E-state index is 0.290. The van der Waals surface area contributed by atoms with Gasteiger partial charge in [-0.3, -0.25) is 4.99 Å². The zero-order valence-electron chi connectivity index (χ0n) is 15.0. The Morgan fingerprint density at radius 1 is 1.15 bits per heavy atom. The van der Waals surface area contributed by atoms with Gasteiger partial charge >= 0.3 is 0 Å². The number of hydrogen-bond donors (Lipinski definition) is 2. The molecular weight excluding hydrogens is 331 g/mol. The maximum Gasteiger partial charge on any atom is 0.219 e. The Morgan fingerprint density at radius 2 is 1.92 bits per heavy atom. The lowest BCUT2D eigenvalue weighted by Crippen LogP contribution is -2.43. The number of pyridine rings is 1. The van der Waals surface area contributed by atoms with E-state index in [1.807, 2.05) is 6.07 Å². The number of aromatic nitrogens is 1. The smallest absolute Gasteiger partial charge is 0.219 e. The van der Waals surface area contributed by atoms with Crippen LogP contribution in [0.5, 0.6) is 11.6 Å². The Labute approximate surface area is 153 Å². The first-order valence-electron chi connectivity index (χ1n) is 9.08. The summed E-state index contributed by atoms with van der Waals surface area (Å²) < 4.78 is 18.5. The molecule has 0 amide bonds. The molecule has 26 heavy (non-hydrogen) atoms. The third kappa shape index (κ3) is 5.44. The van der Waals surface area contributed by atoms with Gasteiger partial charge in [0.1, 0.15) is 11.6 Å². The van der Waals surface area contributed by atoms with Gasteiger partial charge in [-0.25, -0.2) is 9.37 Å². The molecular formula is C20H25FN4O. The third-order valence-electron chi connectivity index (χ3n) is 4.46. The maximum atomic E-state index is 12.9. The van der Waals surface area contributed by atoms with Gasteiger partial charge < -0.3 is 15.4 Å². The molecule has 1 fully saturated rings. The molecule has 1 saturated carbocycles. The van der Waals surface area contributed by atoms with Gasteiger partial charge in [-0.2, -0.15) is 0 Å². The molecule has 0 saturated heterocycles. The van der Waals surface area contributed by atoms with Crippen LogP contribution in [0.2, 0.25) is 0 Å². The SMILES string of the molecule is CN=C(NCc1ccc(Oc2ccc(F)cc2)nc1)NC1CCCCC1. The number of nitrogens with zero attached hydrogens (tertiary/aromatic N) is 2. The summed E-state index contributed by atoms with van der Waals surface area (Å²) >= 11 is 0. The van der Waals surface area contributed by atoms with Gasteiger partial charge in [-0.15, -0.1) is 0 Å². The van der Waals surface area contributed by atoms with Crippen LogP contribution in [0.1, 0.15) is 37.7 Å². The minimum atomic E-state index is -0.290. The highest BCUT2D eigenvalue weighted by Crippen LogP contribution is 2.19. The van der Waals surface area contributed by atoms with Crippen LogP contribution in [0.4, 0.5) is 4.39 Å². The van der Waals surface area contributed by atoms with Crippen LogP contribution in [-0.2, 0) is 6.54 Å². The Balaban J connectivity index is 1.49. The number of rotatable bonds is 5. The van der Waals surface area contributed by atoms with Gasteiger partial charge in [-0.05, 0) is 42.7 Å². The van der Waals surface area contributed by atoms with E-state index in [9.17, 15) is 4.39 Å². The molecule has 138 valence electrons. The van der Waals surface area contributed by atoms with Crippen LogP contribution in [0.3, 0.4) is 0 Å². The topological polar surface area (TPSA) is 58.5 Å². The summed E-state index contributed by atoms with van der Waals surface area (Å²) in [6, 6.07) is 10.1. The number of hydrogen-bond acceptors (Lipinski definition) is 3. The van der Waals surface area contributed by atoms with Gasteiger partial charge in [0.15, 0.2) is 5.96 Å². The van der Waals surface area contributed by atoms with E-state index in [0.717, 1.165) is 11.5 Å². The van der Waals surface area contributed by atoms with Crippen molar-refractivity contribution in [1.29, 1.82) is 0 Å². The normalized spacial score (nSPS) is 15.5. The van der Waals surface area contributed by atoms with E-state index in [1.165, 1.54) is 44.2 Å². The van der Waals surface area contributed by atoms with Crippen molar-refractivity contribution in [3.8, 4) is 11.6 Å². The second-order valence-corrected chi connectivity index (χ2v) is 6.47. The molecule has 2 aromatic rings. The molecule has 1 aromatic heterocycles. The minimum Gasteiger partial charge on any atom is -0.439 e. The lowest BCUT2D eigenvalue weighted by molar-refractivity contribution is 0.410. The fourth-order valence-electron chi connectivity index (χ4n) is 3.02. The Hall–Kier alpha value is -2.63. The van der Waals surface area contributed by atoms with E-state index < -0.39 is 0 Å². The Morgan fingerprint density at radius 3 is 2.58 bits per heavy atom. The zero-order valence-corrected chi connectivity index (χ0v) is 15.0. The van der Waals surface area contributed by atoms with Crippen molar-refractivity contribution in [2.24, 2.45) is 4.99 Å². The van der Waals surface area contributed by atoms with Crippen LogP contribution in [0.25, 0.3) is 0 Å². The predicted molar refractivity (Wildman–Crippen MR) is 101 cm³/mol. The number of nitrogens with one attached hydrogen (secondary N) is 2. The molecule has 0 atom stereocenters. The summed E-state index contributed by atoms with van der Waals surface area (Å²) in [7, 11) is 1.79. The van der Waals surface area contributed by atoms with E-state index in [2.05, 4.69) is 20.6 Å². The van der Waals surface area contributed by atoms with Gasteiger partial charge in [-0.1, -0.05) is 25.3 Å². The number of guanidine groups is 1. The maximum absolute atomic E-state index is 12.9. The molecule has 1 aromatic carbocycles. The molecule has 5 nitrogen and oxygen atoms in total. The third-order valence-corrected chi connectivity index (χ3v) is 4.46. The van der Waals surface area contributed by atoms with E-state index in [-0.39, 0.29) is 5.82 Å². The molecule has 0 radical (unpaired) electrons. The van der Waals surface area contributed by atoms with E-state index >= 15 is 0 Å². The summed E-state index contributed by atoms with van der Waals surface area (Å²) in [4.78, 5) is 8.60. The lowest BCUT2D eigenvalue weighted by atomic mass is 9.96. The van der Waals surface area contributed by atoms with Crippen LogP contribution in [0, 0.1) is 5.82 Å². The predicted octanol–water partition coefficient (Wildman–Crippen LogP) is 4.01. The fraction of sp³-hybridized carbons (Fsp3) is 0.400.